The molecule has 0 aromatic carbocycles. The molecule has 0 bridgehead atoms. The number of amides is 1. The van der Waals surface area contributed by atoms with Gasteiger partial charge < -0.3 is 24.8 Å². The number of unbranched alkanes of at least 4 members (excludes halogenated alkanes) is 24. The van der Waals surface area contributed by atoms with Gasteiger partial charge in [-0.15, -0.1) is 0 Å². The average Bonchev–Trinajstić information content (AvgIpc) is 3.10. The third kappa shape index (κ3) is 33.2. The molecule has 0 aliphatic rings. The Bertz CT molecular complexity index is 702. The molecule has 0 saturated heterocycles. The Balaban J connectivity index is 4.08. The first-order valence-electron chi connectivity index (χ1n) is 20.9. The molecule has 1 unspecified atom stereocenters. The summed E-state index contributed by atoms with van der Waals surface area (Å²) in [5, 5.41) is 12.1. The summed E-state index contributed by atoms with van der Waals surface area (Å²) in [5.41, 5.74) is 0. The highest BCUT2D eigenvalue weighted by atomic mass is 16.5. The Morgan fingerprint density at radius 2 is 0.837 bits per heavy atom. The van der Waals surface area contributed by atoms with Gasteiger partial charge in [0, 0.05) is 19.4 Å². The van der Waals surface area contributed by atoms with Gasteiger partial charge >= 0.3 is 11.9 Å². The largest absolute Gasteiger partial charge is 0.464 e. The van der Waals surface area contributed by atoms with Gasteiger partial charge in [-0.2, -0.15) is 0 Å². The zero-order valence-corrected chi connectivity index (χ0v) is 32.6. The quantitative estimate of drug-likeness (QED) is 0.0489. The molecule has 2 N–H and O–H groups in total. The van der Waals surface area contributed by atoms with E-state index in [9.17, 15) is 14.4 Å². The highest BCUT2D eigenvalue weighted by Gasteiger charge is 2.21. The van der Waals surface area contributed by atoms with Crippen molar-refractivity contribution in [3.63, 3.8) is 0 Å². The van der Waals surface area contributed by atoms with E-state index in [0.29, 0.717) is 19.4 Å². The lowest BCUT2D eigenvalue weighted by atomic mass is 10.0. The number of hydrogen-bond acceptors (Lipinski definition) is 7. The lowest BCUT2D eigenvalue weighted by Crippen LogP contribution is -2.48. The van der Waals surface area contributed by atoms with Gasteiger partial charge in [0.15, 0.2) is 0 Å². The highest BCUT2D eigenvalue weighted by Crippen LogP contribution is 2.14. The minimum atomic E-state index is -0.504. The molecule has 0 aliphatic heterocycles. The van der Waals surface area contributed by atoms with E-state index in [4.69, 9.17) is 14.6 Å². The van der Waals surface area contributed by atoms with Crippen molar-refractivity contribution in [2.45, 2.75) is 207 Å². The fourth-order valence-corrected chi connectivity index (χ4v) is 6.23. The van der Waals surface area contributed by atoms with Crippen LogP contribution in [0.4, 0.5) is 0 Å². The van der Waals surface area contributed by atoms with Gasteiger partial charge in [-0.1, -0.05) is 168 Å². The van der Waals surface area contributed by atoms with Gasteiger partial charge in [0.1, 0.15) is 13.2 Å². The smallest absolute Gasteiger partial charge is 0.305 e. The van der Waals surface area contributed by atoms with Crippen LogP contribution in [0.1, 0.15) is 201 Å². The van der Waals surface area contributed by atoms with Gasteiger partial charge in [0.2, 0.25) is 5.91 Å². The summed E-state index contributed by atoms with van der Waals surface area (Å²) >= 11 is 0. The van der Waals surface area contributed by atoms with Crippen LogP contribution in [0.2, 0.25) is 0 Å². The molecule has 0 aromatic rings. The summed E-state index contributed by atoms with van der Waals surface area (Å²) in [5.74, 6) is -0.633. The molecule has 1 atom stereocenters. The van der Waals surface area contributed by atoms with Crippen molar-refractivity contribution < 1.29 is 29.0 Å². The molecule has 0 spiro atoms. The topological polar surface area (TPSA) is 105 Å². The number of esters is 2. The first-order valence-corrected chi connectivity index (χ1v) is 20.9. The summed E-state index contributed by atoms with van der Waals surface area (Å²) in [7, 11) is 0. The lowest BCUT2D eigenvalue weighted by Gasteiger charge is -2.26. The van der Waals surface area contributed by atoms with Crippen LogP contribution in [-0.4, -0.2) is 73.3 Å². The van der Waals surface area contributed by atoms with Crippen LogP contribution >= 0.6 is 0 Å². The fourth-order valence-electron chi connectivity index (χ4n) is 6.23. The van der Waals surface area contributed by atoms with Crippen molar-refractivity contribution in [3.05, 3.63) is 0 Å². The van der Waals surface area contributed by atoms with Crippen molar-refractivity contribution in [2.75, 3.05) is 39.5 Å². The standard InChI is InChI=1S/C41H80N2O6/c1-4-6-8-10-12-14-16-18-20-22-24-26-28-30-39(45)48-36-33-43(41(47)38(3)42-32-35-44)34-37-49-40(46)31-29-27-25-23-21-19-17-15-13-11-9-7-5-2/h38,42,44H,4-37H2,1-3H3. The number of aliphatic hydroxyl groups is 1. The van der Waals surface area contributed by atoms with E-state index in [1.54, 1.807) is 11.8 Å². The zero-order chi connectivity index (χ0) is 36.0. The van der Waals surface area contributed by atoms with Gasteiger partial charge in [-0.05, 0) is 19.8 Å². The van der Waals surface area contributed by atoms with Crippen LogP contribution in [-0.2, 0) is 23.9 Å². The second kappa shape index (κ2) is 37.6. The van der Waals surface area contributed by atoms with Crippen LogP contribution in [0.3, 0.4) is 0 Å². The summed E-state index contributed by atoms with van der Waals surface area (Å²) in [4.78, 5) is 39.2. The molecule has 8 nitrogen and oxygen atoms in total. The summed E-state index contributed by atoms with van der Waals surface area (Å²) in [6.45, 7) is 7.21. The lowest BCUT2D eigenvalue weighted by molar-refractivity contribution is -0.148. The number of carbonyl (C=O) groups is 3. The summed E-state index contributed by atoms with van der Waals surface area (Å²) < 4.78 is 10.9. The molecular weight excluding hydrogens is 616 g/mol. The van der Waals surface area contributed by atoms with E-state index in [2.05, 4.69) is 19.2 Å². The molecule has 0 rings (SSSR count). The SMILES string of the molecule is CCCCCCCCCCCCCCCC(=O)OCCN(CCOC(=O)CCCCCCCCCCCCCCC)C(=O)C(C)NCCO. The van der Waals surface area contributed by atoms with Crippen molar-refractivity contribution in [1.82, 2.24) is 10.2 Å². The number of ether oxygens (including phenoxy) is 2. The first kappa shape index (κ1) is 47.3. The molecule has 1 amide bonds. The Labute approximate surface area is 302 Å². The fraction of sp³-hybridized carbons (Fsp3) is 0.927. The molecule has 8 heteroatoms. The zero-order valence-electron chi connectivity index (χ0n) is 32.6. The third-order valence-corrected chi connectivity index (χ3v) is 9.46. The average molecular weight is 697 g/mol. The monoisotopic (exact) mass is 697 g/mol. The maximum absolute atomic E-state index is 13.0. The van der Waals surface area contributed by atoms with E-state index in [1.807, 2.05) is 0 Å². The minimum absolute atomic E-state index is 0.0643. The third-order valence-electron chi connectivity index (χ3n) is 9.46. The summed E-state index contributed by atoms with van der Waals surface area (Å²) in [6, 6.07) is -0.504. The van der Waals surface area contributed by atoms with Crippen molar-refractivity contribution in [1.29, 1.82) is 0 Å². The molecular formula is C41H80N2O6. The van der Waals surface area contributed by atoms with Crippen molar-refractivity contribution in [3.8, 4) is 0 Å². The second-order valence-electron chi connectivity index (χ2n) is 14.2. The maximum Gasteiger partial charge on any atom is 0.305 e. The van der Waals surface area contributed by atoms with Crippen molar-refractivity contribution in [2.24, 2.45) is 0 Å². The molecule has 49 heavy (non-hydrogen) atoms. The Morgan fingerprint density at radius 1 is 0.531 bits per heavy atom. The molecule has 0 fully saturated rings. The first-order chi connectivity index (χ1) is 24.0. The highest BCUT2D eigenvalue weighted by molar-refractivity contribution is 5.81. The molecule has 0 saturated carbocycles. The number of carbonyl (C=O) groups excluding carboxylic acids is 3. The molecule has 290 valence electrons. The second-order valence-corrected chi connectivity index (χ2v) is 14.2. The van der Waals surface area contributed by atoms with Crippen LogP contribution in [0.15, 0.2) is 0 Å². The van der Waals surface area contributed by atoms with Crippen LogP contribution < -0.4 is 5.32 Å². The van der Waals surface area contributed by atoms with E-state index in [1.165, 1.54) is 128 Å². The number of nitrogens with one attached hydrogen (secondary N) is 1. The van der Waals surface area contributed by atoms with Gasteiger partial charge in [-0.25, -0.2) is 0 Å². The van der Waals surface area contributed by atoms with Gasteiger partial charge in [0.25, 0.3) is 0 Å². The number of aliphatic hydroxyl groups excluding tert-OH is 1. The number of nitrogens with zero attached hydrogens (tertiary/aromatic N) is 1. The predicted molar refractivity (Wildman–Crippen MR) is 204 cm³/mol. The number of rotatable bonds is 38. The predicted octanol–water partition coefficient (Wildman–Crippen LogP) is 9.83. The Hall–Kier alpha value is -1.67. The minimum Gasteiger partial charge on any atom is -0.464 e. The van der Waals surface area contributed by atoms with Crippen molar-refractivity contribution >= 4 is 17.8 Å². The normalized spacial score (nSPS) is 11.8. The number of hydrogen-bond donors (Lipinski definition) is 2. The van der Waals surface area contributed by atoms with E-state index in [-0.39, 0.29) is 50.8 Å². The Morgan fingerprint density at radius 3 is 1.14 bits per heavy atom. The van der Waals surface area contributed by atoms with Crippen LogP contribution in [0.5, 0.6) is 0 Å². The molecule has 0 heterocycles. The Kier molecular flexibility index (Phi) is 36.3. The van der Waals surface area contributed by atoms with Crippen LogP contribution in [0.25, 0.3) is 0 Å². The maximum atomic E-state index is 13.0. The molecule has 0 aliphatic carbocycles. The molecule has 0 aromatic heterocycles. The van der Waals surface area contributed by atoms with E-state index >= 15 is 0 Å². The van der Waals surface area contributed by atoms with Gasteiger partial charge in [-0.3, -0.25) is 14.4 Å². The van der Waals surface area contributed by atoms with Gasteiger partial charge in [0.05, 0.1) is 25.7 Å². The van der Waals surface area contributed by atoms with E-state index in [0.717, 1.165) is 38.5 Å². The molecule has 0 radical (unpaired) electrons. The van der Waals surface area contributed by atoms with E-state index < -0.39 is 6.04 Å². The van der Waals surface area contributed by atoms with Crippen LogP contribution in [0, 0.1) is 0 Å². The summed E-state index contributed by atoms with van der Waals surface area (Å²) in [6.07, 6.45) is 33.5.